The molecule has 0 atom stereocenters. The highest BCUT2D eigenvalue weighted by Gasteiger charge is 2.16. The van der Waals surface area contributed by atoms with Gasteiger partial charge in [0.1, 0.15) is 12.4 Å². The summed E-state index contributed by atoms with van der Waals surface area (Å²) in [5.74, 6) is 1.04. The number of benzene rings is 1. The molecule has 0 amide bonds. The third kappa shape index (κ3) is 8.42. The molecule has 1 N–H and O–H groups in total. The van der Waals surface area contributed by atoms with Gasteiger partial charge in [-0.3, -0.25) is 9.80 Å². The van der Waals surface area contributed by atoms with Crippen molar-refractivity contribution in [2.45, 2.75) is 20.8 Å². The maximum absolute atomic E-state index is 8.69. The van der Waals surface area contributed by atoms with Gasteiger partial charge in [0.2, 0.25) is 0 Å². The molecular weight excluding hydrogens is 375 g/mol. The largest absolute Gasteiger partial charge is 0.492 e. The number of aliphatic hydroxyl groups excluding tert-OH is 1. The lowest BCUT2D eigenvalue weighted by Crippen LogP contribution is -2.48. The maximum atomic E-state index is 8.69. The Morgan fingerprint density at radius 1 is 0.846 bits per heavy atom. The molecule has 1 heterocycles. The Morgan fingerprint density at radius 3 is 1.85 bits per heavy atom. The van der Waals surface area contributed by atoms with E-state index >= 15 is 0 Å². The number of aryl methyl sites for hydroxylation is 3. The van der Waals surface area contributed by atoms with Crippen molar-refractivity contribution in [3.8, 4) is 5.75 Å². The van der Waals surface area contributed by atoms with Gasteiger partial charge in [0.15, 0.2) is 0 Å². The van der Waals surface area contributed by atoms with Gasteiger partial charge in [0.25, 0.3) is 0 Å². The summed E-state index contributed by atoms with van der Waals surface area (Å²) >= 11 is 0. The van der Waals surface area contributed by atoms with Crippen LogP contribution in [0.1, 0.15) is 16.7 Å². The van der Waals surface area contributed by atoms with Crippen LogP contribution in [-0.2, 0) is 4.74 Å². The Morgan fingerprint density at radius 2 is 1.35 bits per heavy atom. The van der Waals surface area contributed by atoms with Gasteiger partial charge in [-0.1, -0.05) is 17.7 Å². The topological polar surface area (TPSA) is 45.2 Å². The van der Waals surface area contributed by atoms with Crippen LogP contribution < -0.4 is 4.74 Å². The van der Waals surface area contributed by atoms with Crippen LogP contribution in [0.5, 0.6) is 5.75 Å². The van der Waals surface area contributed by atoms with Gasteiger partial charge >= 0.3 is 0 Å². The van der Waals surface area contributed by atoms with Crippen molar-refractivity contribution in [2.75, 3.05) is 65.7 Å². The zero-order valence-corrected chi connectivity index (χ0v) is 17.8. The second-order valence-electron chi connectivity index (χ2n) is 6.60. The molecule has 2 rings (SSSR count). The average molecular weight is 409 g/mol. The minimum Gasteiger partial charge on any atom is -0.492 e. The molecule has 0 saturated carbocycles. The number of hydrogen-bond acceptors (Lipinski definition) is 5. The van der Waals surface area contributed by atoms with E-state index in [-0.39, 0.29) is 31.4 Å². The minimum absolute atomic E-state index is 0. The molecular formula is C19H34Cl2N2O3. The van der Waals surface area contributed by atoms with E-state index in [9.17, 15) is 0 Å². The summed E-state index contributed by atoms with van der Waals surface area (Å²) in [5.41, 5.74) is 3.73. The molecule has 1 aromatic carbocycles. The number of halogens is 2. The van der Waals surface area contributed by atoms with Crippen LogP contribution in [-0.4, -0.2) is 80.6 Å². The molecule has 0 unspecified atom stereocenters. The molecule has 1 aliphatic heterocycles. The van der Waals surface area contributed by atoms with Gasteiger partial charge in [-0.05, 0) is 31.9 Å². The second kappa shape index (κ2) is 13.6. The van der Waals surface area contributed by atoms with E-state index in [0.717, 1.165) is 51.6 Å². The molecule has 26 heavy (non-hydrogen) atoms. The molecule has 152 valence electrons. The highest BCUT2D eigenvalue weighted by molar-refractivity contribution is 5.85. The molecule has 5 nitrogen and oxygen atoms in total. The van der Waals surface area contributed by atoms with Crippen molar-refractivity contribution < 1.29 is 14.6 Å². The molecule has 1 aromatic rings. The third-order valence-electron chi connectivity index (χ3n) is 4.51. The van der Waals surface area contributed by atoms with E-state index in [1.54, 1.807) is 0 Å². The van der Waals surface area contributed by atoms with Gasteiger partial charge in [0.05, 0.1) is 19.8 Å². The van der Waals surface area contributed by atoms with E-state index in [2.05, 4.69) is 42.7 Å². The maximum Gasteiger partial charge on any atom is 0.125 e. The van der Waals surface area contributed by atoms with E-state index < -0.39 is 0 Å². The molecule has 0 aromatic heterocycles. The summed E-state index contributed by atoms with van der Waals surface area (Å²) in [6.45, 7) is 14.6. The first kappa shape index (κ1) is 25.4. The fourth-order valence-electron chi connectivity index (χ4n) is 3.27. The number of ether oxygens (including phenoxy) is 2. The summed E-state index contributed by atoms with van der Waals surface area (Å²) in [4.78, 5) is 4.88. The highest BCUT2D eigenvalue weighted by Crippen LogP contribution is 2.24. The standard InChI is InChI=1S/C19H32N2O3.2ClH/c1-16-14-17(2)19(18(3)15-16)24-12-9-21-6-4-20(5-7-21)8-11-23-13-10-22;;/h14-15,22H,4-13H2,1-3H3;2*1H. The zero-order chi connectivity index (χ0) is 17.4. The van der Waals surface area contributed by atoms with E-state index in [0.29, 0.717) is 13.2 Å². The van der Waals surface area contributed by atoms with Crippen LogP contribution in [0.15, 0.2) is 12.1 Å². The van der Waals surface area contributed by atoms with Gasteiger partial charge < -0.3 is 14.6 Å². The Bertz CT molecular complexity index is 487. The SMILES string of the molecule is Cc1cc(C)c(OCCN2CCN(CCOCCO)CC2)c(C)c1.Cl.Cl. The molecule has 0 bridgehead atoms. The van der Waals surface area contributed by atoms with E-state index in [4.69, 9.17) is 14.6 Å². The van der Waals surface area contributed by atoms with Crippen LogP contribution in [0.4, 0.5) is 0 Å². The predicted octanol–water partition coefficient (Wildman–Crippen LogP) is 2.46. The summed E-state index contributed by atoms with van der Waals surface area (Å²) < 4.78 is 11.4. The fourth-order valence-corrected chi connectivity index (χ4v) is 3.27. The van der Waals surface area contributed by atoms with E-state index in [1.807, 2.05) is 0 Å². The lowest BCUT2D eigenvalue weighted by atomic mass is 10.1. The monoisotopic (exact) mass is 408 g/mol. The number of aliphatic hydroxyl groups is 1. The first-order chi connectivity index (χ1) is 11.6. The molecule has 1 saturated heterocycles. The minimum atomic E-state index is 0. The summed E-state index contributed by atoms with van der Waals surface area (Å²) in [7, 11) is 0. The first-order valence-corrected chi connectivity index (χ1v) is 8.94. The Balaban J connectivity index is 0.00000312. The molecule has 7 heteroatoms. The Hall–Kier alpha value is -0.560. The lowest BCUT2D eigenvalue weighted by Gasteiger charge is -2.34. The number of nitrogens with zero attached hydrogens (tertiary/aromatic N) is 2. The summed E-state index contributed by atoms with van der Waals surface area (Å²) in [6, 6.07) is 4.36. The van der Waals surface area contributed by atoms with Crippen molar-refractivity contribution in [3.05, 3.63) is 28.8 Å². The van der Waals surface area contributed by atoms with Gasteiger partial charge in [-0.2, -0.15) is 0 Å². The second-order valence-corrected chi connectivity index (χ2v) is 6.60. The quantitative estimate of drug-likeness (QED) is 0.635. The highest BCUT2D eigenvalue weighted by atomic mass is 35.5. The third-order valence-corrected chi connectivity index (χ3v) is 4.51. The van der Waals surface area contributed by atoms with Crippen molar-refractivity contribution in [3.63, 3.8) is 0 Å². The average Bonchev–Trinajstić information content (AvgIpc) is 2.55. The number of hydrogen-bond donors (Lipinski definition) is 1. The van der Waals surface area contributed by atoms with Crippen LogP contribution >= 0.6 is 24.8 Å². The van der Waals surface area contributed by atoms with E-state index in [1.165, 1.54) is 16.7 Å². The van der Waals surface area contributed by atoms with Crippen LogP contribution in [0.25, 0.3) is 0 Å². The Kier molecular flexibility index (Phi) is 13.3. The van der Waals surface area contributed by atoms with Gasteiger partial charge in [-0.15, -0.1) is 24.8 Å². The van der Waals surface area contributed by atoms with Crippen molar-refractivity contribution >= 4 is 24.8 Å². The molecule has 0 radical (unpaired) electrons. The van der Waals surface area contributed by atoms with Crippen molar-refractivity contribution in [1.82, 2.24) is 9.80 Å². The van der Waals surface area contributed by atoms with Crippen LogP contribution in [0.2, 0.25) is 0 Å². The Labute approximate surface area is 170 Å². The van der Waals surface area contributed by atoms with Crippen LogP contribution in [0, 0.1) is 20.8 Å². The molecule has 0 aliphatic carbocycles. The van der Waals surface area contributed by atoms with Crippen LogP contribution in [0.3, 0.4) is 0 Å². The summed E-state index contributed by atoms with van der Waals surface area (Å²) in [5, 5.41) is 8.69. The first-order valence-electron chi connectivity index (χ1n) is 8.94. The van der Waals surface area contributed by atoms with Crippen molar-refractivity contribution in [2.24, 2.45) is 0 Å². The predicted molar refractivity (Wildman–Crippen MR) is 111 cm³/mol. The van der Waals surface area contributed by atoms with Gasteiger partial charge in [-0.25, -0.2) is 0 Å². The zero-order valence-electron chi connectivity index (χ0n) is 16.2. The molecule has 1 fully saturated rings. The number of rotatable bonds is 9. The summed E-state index contributed by atoms with van der Waals surface area (Å²) in [6.07, 6.45) is 0. The molecule has 1 aliphatic rings. The normalized spacial score (nSPS) is 15.2. The van der Waals surface area contributed by atoms with Gasteiger partial charge in [0, 0.05) is 39.3 Å². The molecule has 0 spiro atoms. The van der Waals surface area contributed by atoms with Crippen molar-refractivity contribution in [1.29, 1.82) is 0 Å². The number of piperazine rings is 1. The lowest BCUT2D eigenvalue weighted by molar-refractivity contribution is 0.0553. The fraction of sp³-hybridized carbons (Fsp3) is 0.684. The smallest absolute Gasteiger partial charge is 0.125 e.